The molecule has 5 N–H and O–H groups in total. The Morgan fingerprint density at radius 1 is 1.17 bits per heavy atom. The van der Waals surface area contributed by atoms with E-state index in [1.165, 1.54) is 24.5 Å². The lowest BCUT2D eigenvalue weighted by Gasteiger charge is -2.14. The molecule has 0 unspecified atom stereocenters. The van der Waals surface area contributed by atoms with Gasteiger partial charge in [-0.25, -0.2) is 23.7 Å². The normalized spacial score (nSPS) is 11.9. The molecule has 0 aliphatic heterocycles. The van der Waals surface area contributed by atoms with Crippen LogP contribution in [0.2, 0.25) is 5.02 Å². The number of rotatable bonds is 4. The van der Waals surface area contributed by atoms with Gasteiger partial charge in [-0.05, 0) is 36.8 Å². The fraction of sp³-hybridized carbons (Fsp3) is 0.0417. The van der Waals surface area contributed by atoms with Crippen LogP contribution in [0.4, 0.5) is 14.6 Å². The predicted molar refractivity (Wildman–Crippen MR) is 133 cm³/mol. The summed E-state index contributed by atoms with van der Waals surface area (Å²) < 4.78 is 31.2. The van der Waals surface area contributed by atoms with Crippen molar-refractivity contribution in [3.05, 3.63) is 76.8 Å². The van der Waals surface area contributed by atoms with Crippen molar-refractivity contribution in [3.63, 3.8) is 0 Å². The van der Waals surface area contributed by atoms with E-state index in [4.69, 9.17) is 28.5 Å². The number of amidine groups is 1. The van der Waals surface area contributed by atoms with Gasteiger partial charge in [0.15, 0.2) is 11.6 Å². The van der Waals surface area contributed by atoms with E-state index in [0.717, 1.165) is 6.34 Å². The van der Waals surface area contributed by atoms with Crippen LogP contribution in [0.3, 0.4) is 0 Å². The van der Waals surface area contributed by atoms with Gasteiger partial charge in [-0.2, -0.15) is 0 Å². The second-order valence-electron chi connectivity index (χ2n) is 7.68. The monoisotopic (exact) mass is 490 g/mol. The summed E-state index contributed by atoms with van der Waals surface area (Å²) in [6.07, 6.45) is 3.57. The highest BCUT2D eigenvalue weighted by Crippen LogP contribution is 2.36. The maximum atomic E-state index is 14.9. The molecular weight excluding hydrogens is 474 g/mol. The number of nitrogens with two attached hydrogens (primary N) is 2. The van der Waals surface area contributed by atoms with Crippen molar-refractivity contribution in [2.24, 2.45) is 10.7 Å². The minimum Gasteiger partial charge on any atom is -0.383 e. The number of aryl methyl sites for hydroxylation is 1. The molecule has 5 aromatic rings. The molecule has 0 aliphatic rings. The maximum absolute atomic E-state index is 14.9. The summed E-state index contributed by atoms with van der Waals surface area (Å²) in [4.78, 5) is 16.5. The van der Waals surface area contributed by atoms with E-state index in [2.05, 4.69) is 19.9 Å². The van der Waals surface area contributed by atoms with E-state index in [-0.39, 0.29) is 27.8 Å². The van der Waals surface area contributed by atoms with Crippen molar-refractivity contribution >= 4 is 51.5 Å². The van der Waals surface area contributed by atoms with Gasteiger partial charge in [-0.3, -0.25) is 15.0 Å². The van der Waals surface area contributed by atoms with Gasteiger partial charge in [0.05, 0.1) is 16.2 Å². The molecule has 0 fully saturated rings. The summed E-state index contributed by atoms with van der Waals surface area (Å²) in [5.74, 6) is -0.933. The molecule has 35 heavy (non-hydrogen) atoms. The standard InChI is InChI=1S/C24H17ClF2N8/c1-11-34-21-15(23(29)33-10-28)7-12(13-5-6-31-24(30)19(13)27)8-18(21)35(11)22-14-3-2-4-17(26)20(14)32-9-16(22)25/h2-10H,1H3,(H2,30,31)(H3,28,29,33). The highest BCUT2D eigenvalue weighted by atomic mass is 35.5. The zero-order chi connectivity index (χ0) is 24.9. The Hall–Kier alpha value is -4.44. The molecule has 2 aromatic carbocycles. The first-order chi connectivity index (χ1) is 16.8. The van der Waals surface area contributed by atoms with Crippen LogP contribution in [0.25, 0.3) is 38.8 Å². The number of aliphatic imine (C=N–C) groups is 1. The first-order valence-corrected chi connectivity index (χ1v) is 10.7. The largest absolute Gasteiger partial charge is 0.383 e. The zero-order valence-corrected chi connectivity index (χ0v) is 19.0. The van der Waals surface area contributed by atoms with Gasteiger partial charge in [0.2, 0.25) is 0 Å². The quantitative estimate of drug-likeness (QED) is 0.246. The minimum atomic E-state index is -0.697. The van der Waals surface area contributed by atoms with Crippen molar-refractivity contribution in [2.75, 3.05) is 5.73 Å². The summed E-state index contributed by atoms with van der Waals surface area (Å²) >= 11 is 6.58. The van der Waals surface area contributed by atoms with Crippen LogP contribution < -0.4 is 11.5 Å². The Bertz CT molecular complexity index is 1690. The summed E-state index contributed by atoms with van der Waals surface area (Å²) in [7, 11) is 0. The third-order valence-electron chi connectivity index (χ3n) is 5.63. The minimum absolute atomic E-state index is 0.00987. The molecule has 0 radical (unpaired) electrons. The molecule has 0 aliphatic carbocycles. The number of anilines is 1. The second-order valence-corrected chi connectivity index (χ2v) is 8.09. The highest BCUT2D eigenvalue weighted by molar-refractivity contribution is 6.33. The van der Waals surface area contributed by atoms with Crippen LogP contribution in [0, 0.1) is 24.0 Å². The number of pyridine rings is 2. The number of para-hydroxylation sites is 1. The zero-order valence-electron chi connectivity index (χ0n) is 18.2. The molecule has 0 saturated carbocycles. The molecular formula is C24H17ClF2N8. The summed E-state index contributed by atoms with van der Waals surface area (Å²) in [6.45, 7) is 1.75. The average molecular weight is 491 g/mol. The topological polar surface area (TPSA) is 132 Å². The Labute approximate surface area is 202 Å². The molecule has 3 aromatic heterocycles. The molecule has 0 bridgehead atoms. The average Bonchev–Trinajstić information content (AvgIpc) is 3.16. The van der Waals surface area contributed by atoms with Crippen molar-refractivity contribution in [3.8, 4) is 16.8 Å². The number of imidazole rings is 1. The fourth-order valence-corrected chi connectivity index (χ4v) is 4.36. The number of aromatic nitrogens is 4. The molecule has 0 saturated heterocycles. The first kappa shape index (κ1) is 22.4. The number of nitrogen functional groups attached to an aromatic ring is 1. The molecule has 0 spiro atoms. The molecule has 11 heteroatoms. The third-order valence-corrected chi connectivity index (χ3v) is 5.91. The van der Waals surface area contributed by atoms with Crippen LogP contribution >= 0.6 is 11.6 Å². The second kappa shape index (κ2) is 8.41. The Morgan fingerprint density at radius 3 is 2.74 bits per heavy atom. The van der Waals surface area contributed by atoms with Crippen molar-refractivity contribution in [2.45, 2.75) is 6.92 Å². The Morgan fingerprint density at radius 2 is 1.97 bits per heavy atom. The first-order valence-electron chi connectivity index (χ1n) is 10.3. The lowest BCUT2D eigenvalue weighted by molar-refractivity contribution is 0.631. The highest BCUT2D eigenvalue weighted by Gasteiger charge is 2.22. The van der Waals surface area contributed by atoms with Gasteiger partial charge < -0.3 is 11.5 Å². The van der Waals surface area contributed by atoms with E-state index < -0.39 is 11.6 Å². The number of nitrogens with zero attached hydrogens (tertiary/aromatic N) is 5. The van der Waals surface area contributed by atoms with E-state index in [1.54, 1.807) is 35.8 Å². The lowest BCUT2D eigenvalue weighted by Crippen LogP contribution is -2.14. The van der Waals surface area contributed by atoms with Crippen LogP contribution in [-0.2, 0) is 0 Å². The number of fused-ring (bicyclic) bond motifs is 2. The number of halogens is 3. The summed E-state index contributed by atoms with van der Waals surface area (Å²) in [5, 5.41) is 8.06. The van der Waals surface area contributed by atoms with Crippen molar-refractivity contribution in [1.29, 1.82) is 5.41 Å². The van der Waals surface area contributed by atoms with Gasteiger partial charge in [0.25, 0.3) is 0 Å². The van der Waals surface area contributed by atoms with E-state index in [9.17, 15) is 8.78 Å². The van der Waals surface area contributed by atoms with Crippen LogP contribution in [0.5, 0.6) is 0 Å². The molecule has 0 atom stereocenters. The van der Waals surface area contributed by atoms with Gasteiger partial charge >= 0.3 is 0 Å². The Kier molecular flexibility index (Phi) is 5.37. The van der Waals surface area contributed by atoms with Crippen LogP contribution in [0.15, 0.2) is 53.8 Å². The third kappa shape index (κ3) is 3.55. The van der Waals surface area contributed by atoms with Gasteiger partial charge in [-0.15, -0.1) is 0 Å². The number of benzene rings is 2. The number of hydrogen-bond donors (Lipinski definition) is 3. The molecule has 5 rings (SSSR count). The number of hydrogen-bond acceptors (Lipinski definition) is 5. The van der Waals surface area contributed by atoms with E-state index in [0.29, 0.717) is 39.1 Å². The maximum Gasteiger partial charge on any atom is 0.173 e. The number of nitrogens with one attached hydrogen (secondary N) is 1. The molecule has 0 amide bonds. The molecule has 174 valence electrons. The predicted octanol–water partition coefficient (Wildman–Crippen LogP) is 4.77. The van der Waals surface area contributed by atoms with Crippen molar-refractivity contribution < 1.29 is 8.78 Å². The van der Waals surface area contributed by atoms with Gasteiger partial charge in [0.1, 0.15) is 34.8 Å². The summed E-state index contributed by atoms with van der Waals surface area (Å²) in [5.41, 5.74) is 14.4. The Balaban J connectivity index is 1.94. The van der Waals surface area contributed by atoms with Gasteiger partial charge in [-0.1, -0.05) is 23.7 Å². The SMILES string of the molecule is Cc1nc2c(C(N)=NC=N)cc(-c3ccnc(N)c3F)cc2n1-c1c(Cl)cnc2c(F)cccc12. The molecule has 8 nitrogen and oxygen atoms in total. The van der Waals surface area contributed by atoms with Crippen LogP contribution in [0.1, 0.15) is 11.4 Å². The fourth-order valence-electron chi connectivity index (χ4n) is 4.12. The molecule has 3 heterocycles. The van der Waals surface area contributed by atoms with Crippen molar-refractivity contribution in [1.82, 2.24) is 19.5 Å². The van der Waals surface area contributed by atoms with Crippen LogP contribution in [-0.4, -0.2) is 31.7 Å². The smallest absolute Gasteiger partial charge is 0.173 e. The summed E-state index contributed by atoms with van der Waals surface area (Å²) in [6, 6.07) is 9.39. The lowest BCUT2D eigenvalue weighted by atomic mass is 10.0. The van der Waals surface area contributed by atoms with Gasteiger partial charge in [0, 0.05) is 28.9 Å². The van der Waals surface area contributed by atoms with E-state index >= 15 is 0 Å². The van der Waals surface area contributed by atoms with E-state index in [1.807, 2.05) is 0 Å².